The summed E-state index contributed by atoms with van der Waals surface area (Å²) in [5.41, 5.74) is 0.620. The minimum Gasteiger partial charge on any atom is -0.491 e. The second kappa shape index (κ2) is 6.43. The predicted molar refractivity (Wildman–Crippen MR) is 87.1 cm³/mol. The molecule has 24 heavy (non-hydrogen) atoms. The molecule has 1 atom stereocenters. The third kappa shape index (κ3) is 2.86. The van der Waals surface area contributed by atoms with E-state index in [1.165, 1.54) is 6.07 Å². The normalized spacial score (nSPS) is 21.9. The van der Waals surface area contributed by atoms with E-state index in [1.807, 2.05) is 11.8 Å². The Morgan fingerprint density at radius 2 is 2.17 bits per heavy atom. The molecule has 1 aliphatic heterocycles. The molecule has 1 fully saturated rings. The maximum atomic E-state index is 13.1. The third-order valence-electron chi connectivity index (χ3n) is 5.11. The van der Waals surface area contributed by atoms with E-state index < -0.39 is 11.4 Å². The zero-order valence-electron chi connectivity index (χ0n) is 14.1. The second-order valence-electron chi connectivity index (χ2n) is 6.79. The lowest BCUT2D eigenvalue weighted by molar-refractivity contribution is -0.155. The zero-order chi connectivity index (χ0) is 17.3. The molecule has 1 aliphatic carbocycles. The van der Waals surface area contributed by atoms with Gasteiger partial charge in [-0.3, -0.25) is 4.79 Å². The first-order valence-electron chi connectivity index (χ1n) is 8.26. The van der Waals surface area contributed by atoms with E-state index in [0.717, 1.165) is 24.8 Å². The van der Waals surface area contributed by atoms with Gasteiger partial charge in [0.1, 0.15) is 12.4 Å². The number of fused-ring (bicyclic) bond motifs is 1. The smallest absolute Gasteiger partial charge is 0.335 e. The van der Waals surface area contributed by atoms with E-state index in [0.29, 0.717) is 25.5 Å². The van der Waals surface area contributed by atoms with E-state index >= 15 is 0 Å². The van der Waals surface area contributed by atoms with Crippen molar-refractivity contribution in [3.8, 4) is 5.75 Å². The molecule has 130 valence electrons. The number of carboxylic acid groups (broad SMARTS) is 1. The molecule has 0 saturated heterocycles. The first kappa shape index (κ1) is 16.8. The molecule has 0 aromatic heterocycles. The number of hydrogen-bond acceptors (Lipinski definition) is 4. The van der Waals surface area contributed by atoms with Crippen LogP contribution in [0, 0.1) is 5.41 Å². The van der Waals surface area contributed by atoms with Crippen LogP contribution in [0.1, 0.15) is 42.1 Å². The molecule has 6 nitrogen and oxygen atoms in total. The number of aromatic carboxylic acids is 1. The number of ether oxygens (including phenoxy) is 2. The Hall–Kier alpha value is -2.08. The van der Waals surface area contributed by atoms with Crippen LogP contribution in [-0.2, 0) is 16.1 Å². The molecule has 3 rings (SSSR count). The van der Waals surface area contributed by atoms with Gasteiger partial charge in [-0.15, -0.1) is 0 Å². The molecular formula is C18H23NO5. The number of rotatable bonds is 4. The average Bonchev–Trinajstić information content (AvgIpc) is 2.69. The van der Waals surface area contributed by atoms with Crippen LogP contribution in [0.3, 0.4) is 0 Å². The Morgan fingerprint density at radius 1 is 1.42 bits per heavy atom. The van der Waals surface area contributed by atoms with Crippen molar-refractivity contribution in [3.05, 3.63) is 29.3 Å². The fourth-order valence-corrected chi connectivity index (χ4v) is 3.47. The lowest BCUT2D eigenvalue weighted by Gasteiger charge is -2.44. The Kier molecular flexibility index (Phi) is 4.49. The minimum absolute atomic E-state index is 0.0764. The highest BCUT2D eigenvalue weighted by atomic mass is 16.5. The van der Waals surface area contributed by atoms with Gasteiger partial charge >= 0.3 is 5.97 Å². The summed E-state index contributed by atoms with van der Waals surface area (Å²) in [6, 6.07) is 4.75. The molecule has 0 bridgehead atoms. The molecule has 1 aromatic carbocycles. The minimum atomic E-state index is -0.986. The maximum absolute atomic E-state index is 13.1. The summed E-state index contributed by atoms with van der Waals surface area (Å²) in [4.78, 5) is 26.1. The van der Waals surface area contributed by atoms with Crippen LogP contribution in [0.5, 0.6) is 5.75 Å². The molecule has 0 radical (unpaired) electrons. The van der Waals surface area contributed by atoms with Gasteiger partial charge in [0.05, 0.1) is 23.6 Å². The van der Waals surface area contributed by atoms with Gasteiger partial charge in [0.25, 0.3) is 0 Å². The SMILES string of the molecule is COCC1(C(=O)N2Cc3ccc(C(=O)O)cc3OCC2C)CCC1. The van der Waals surface area contributed by atoms with Crippen LogP contribution in [0.4, 0.5) is 0 Å². The highest BCUT2D eigenvalue weighted by Crippen LogP contribution is 2.44. The van der Waals surface area contributed by atoms with Crippen LogP contribution in [0.25, 0.3) is 0 Å². The molecule has 1 unspecified atom stereocenters. The topological polar surface area (TPSA) is 76.1 Å². The van der Waals surface area contributed by atoms with Crippen LogP contribution in [0.2, 0.25) is 0 Å². The van der Waals surface area contributed by atoms with Crippen molar-refractivity contribution in [2.75, 3.05) is 20.3 Å². The highest BCUT2D eigenvalue weighted by Gasteiger charge is 2.47. The van der Waals surface area contributed by atoms with E-state index in [-0.39, 0.29) is 17.5 Å². The number of nitrogens with zero attached hydrogens (tertiary/aromatic N) is 1. The van der Waals surface area contributed by atoms with E-state index in [9.17, 15) is 9.59 Å². The molecule has 6 heteroatoms. The summed E-state index contributed by atoms with van der Waals surface area (Å²) >= 11 is 0. The Bertz CT molecular complexity index is 653. The van der Waals surface area contributed by atoms with Gasteiger partial charge < -0.3 is 19.5 Å². The maximum Gasteiger partial charge on any atom is 0.335 e. The Balaban J connectivity index is 1.87. The lowest BCUT2D eigenvalue weighted by Crippen LogP contribution is -2.53. The van der Waals surface area contributed by atoms with Gasteiger partial charge in [-0.25, -0.2) is 4.79 Å². The Labute approximate surface area is 141 Å². The molecule has 1 amide bonds. The largest absolute Gasteiger partial charge is 0.491 e. The van der Waals surface area contributed by atoms with Crippen molar-refractivity contribution < 1.29 is 24.2 Å². The van der Waals surface area contributed by atoms with Gasteiger partial charge in [-0.05, 0) is 31.9 Å². The number of carbonyl (C=O) groups is 2. The van der Waals surface area contributed by atoms with Crippen molar-refractivity contribution in [3.63, 3.8) is 0 Å². The van der Waals surface area contributed by atoms with Gasteiger partial charge in [-0.1, -0.05) is 12.5 Å². The standard InChI is InChI=1S/C18H23NO5/c1-12-10-24-15-8-13(16(20)21)4-5-14(15)9-19(12)17(22)18(11-23-2)6-3-7-18/h4-5,8,12H,3,6-7,9-11H2,1-2H3,(H,20,21). The Morgan fingerprint density at radius 3 is 2.75 bits per heavy atom. The summed E-state index contributed by atoms with van der Waals surface area (Å²) in [6.45, 7) is 3.19. The average molecular weight is 333 g/mol. The van der Waals surface area contributed by atoms with Crippen LogP contribution >= 0.6 is 0 Å². The quantitative estimate of drug-likeness (QED) is 0.915. The predicted octanol–water partition coefficient (Wildman–Crippen LogP) is 2.31. The van der Waals surface area contributed by atoms with Gasteiger partial charge in [0, 0.05) is 19.2 Å². The molecular weight excluding hydrogens is 310 g/mol. The number of carboxylic acids is 1. The van der Waals surface area contributed by atoms with Gasteiger partial charge in [0.2, 0.25) is 5.91 Å². The van der Waals surface area contributed by atoms with Gasteiger partial charge in [0.15, 0.2) is 0 Å². The summed E-state index contributed by atoms with van der Waals surface area (Å²) in [6.07, 6.45) is 2.76. The van der Waals surface area contributed by atoms with Crippen molar-refractivity contribution in [1.82, 2.24) is 4.90 Å². The van der Waals surface area contributed by atoms with Crippen molar-refractivity contribution in [1.29, 1.82) is 0 Å². The summed E-state index contributed by atoms with van der Waals surface area (Å²) < 4.78 is 11.1. The molecule has 1 N–H and O–H groups in total. The number of hydrogen-bond donors (Lipinski definition) is 1. The number of amides is 1. The monoisotopic (exact) mass is 333 g/mol. The molecule has 1 heterocycles. The molecule has 1 aromatic rings. The van der Waals surface area contributed by atoms with Crippen molar-refractivity contribution in [2.24, 2.45) is 5.41 Å². The fourth-order valence-electron chi connectivity index (χ4n) is 3.47. The highest BCUT2D eigenvalue weighted by molar-refractivity contribution is 5.88. The lowest BCUT2D eigenvalue weighted by atomic mass is 9.68. The summed E-state index contributed by atoms with van der Waals surface area (Å²) in [7, 11) is 1.63. The summed E-state index contributed by atoms with van der Waals surface area (Å²) in [5, 5.41) is 9.12. The second-order valence-corrected chi connectivity index (χ2v) is 6.79. The van der Waals surface area contributed by atoms with Crippen LogP contribution < -0.4 is 4.74 Å². The van der Waals surface area contributed by atoms with Crippen molar-refractivity contribution >= 4 is 11.9 Å². The van der Waals surface area contributed by atoms with Gasteiger partial charge in [-0.2, -0.15) is 0 Å². The van der Waals surface area contributed by atoms with Crippen LogP contribution in [0.15, 0.2) is 18.2 Å². The zero-order valence-corrected chi connectivity index (χ0v) is 14.1. The third-order valence-corrected chi connectivity index (χ3v) is 5.11. The van der Waals surface area contributed by atoms with E-state index in [1.54, 1.807) is 19.2 Å². The summed E-state index contributed by atoms with van der Waals surface area (Å²) in [5.74, 6) is -0.326. The first-order valence-corrected chi connectivity index (χ1v) is 8.26. The van der Waals surface area contributed by atoms with Crippen molar-refractivity contribution in [2.45, 2.75) is 38.8 Å². The molecule has 1 saturated carbocycles. The molecule has 0 spiro atoms. The number of carbonyl (C=O) groups excluding carboxylic acids is 1. The van der Waals surface area contributed by atoms with E-state index in [4.69, 9.17) is 14.6 Å². The first-order chi connectivity index (χ1) is 11.5. The number of methoxy groups -OCH3 is 1. The fraction of sp³-hybridized carbons (Fsp3) is 0.556. The molecule has 2 aliphatic rings. The van der Waals surface area contributed by atoms with Crippen LogP contribution in [-0.4, -0.2) is 48.2 Å². The number of benzene rings is 1. The van der Waals surface area contributed by atoms with E-state index in [2.05, 4.69) is 0 Å².